The minimum Gasteiger partial charge on any atom is -0.340 e. The number of hydrogen-bond acceptors (Lipinski definition) is 4. The lowest BCUT2D eigenvalue weighted by Gasteiger charge is -2.51. The lowest BCUT2D eigenvalue weighted by molar-refractivity contribution is 0.00354. The molecule has 3 rings (SSSR count). The summed E-state index contributed by atoms with van der Waals surface area (Å²) in [6.45, 7) is 5.21. The van der Waals surface area contributed by atoms with Crippen LogP contribution in [-0.4, -0.2) is 79.5 Å². The van der Waals surface area contributed by atoms with Crippen molar-refractivity contribution in [3.63, 3.8) is 0 Å². The van der Waals surface area contributed by atoms with Crippen molar-refractivity contribution < 1.29 is 13.2 Å². The second kappa shape index (κ2) is 9.58. The van der Waals surface area contributed by atoms with E-state index in [0.717, 1.165) is 31.5 Å². The van der Waals surface area contributed by atoms with Gasteiger partial charge in [-0.1, -0.05) is 44.4 Å². The SMILES string of the molecule is CCCS(=O)(=O)N1CCN(C2(CN(C)C(=O)c3ccccc3)CCCCC2)CC1. The van der Waals surface area contributed by atoms with Gasteiger partial charge in [0.1, 0.15) is 0 Å². The quantitative estimate of drug-likeness (QED) is 0.679. The second-order valence-corrected chi connectivity index (χ2v) is 10.6. The van der Waals surface area contributed by atoms with Crippen LogP contribution in [0.5, 0.6) is 0 Å². The van der Waals surface area contributed by atoms with E-state index in [1.165, 1.54) is 19.3 Å². The number of rotatable bonds is 7. The van der Waals surface area contributed by atoms with Gasteiger partial charge >= 0.3 is 0 Å². The highest BCUT2D eigenvalue weighted by Gasteiger charge is 2.42. The summed E-state index contributed by atoms with van der Waals surface area (Å²) in [5.74, 6) is 0.284. The van der Waals surface area contributed by atoms with Crippen LogP contribution >= 0.6 is 0 Å². The van der Waals surface area contributed by atoms with Gasteiger partial charge in [-0.2, -0.15) is 4.31 Å². The van der Waals surface area contributed by atoms with Crippen LogP contribution in [0.4, 0.5) is 0 Å². The van der Waals surface area contributed by atoms with Crippen molar-refractivity contribution in [2.45, 2.75) is 51.0 Å². The lowest BCUT2D eigenvalue weighted by Crippen LogP contribution is -2.62. The largest absolute Gasteiger partial charge is 0.340 e. The maximum absolute atomic E-state index is 12.9. The van der Waals surface area contributed by atoms with Crippen molar-refractivity contribution in [2.24, 2.45) is 0 Å². The Kier molecular flexibility index (Phi) is 7.35. The molecule has 6 nitrogen and oxygen atoms in total. The fraction of sp³-hybridized carbons (Fsp3) is 0.682. The summed E-state index contributed by atoms with van der Waals surface area (Å²) < 4.78 is 26.5. The molecule has 2 fully saturated rings. The van der Waals surface area contributed by atoms with E-state index in [4.69, 9.17) is 0 Å². The molecular weight excluding hydrogens is 386 g/mol. The molecule has 1 aromatic rings. The fourth-order valence-corrected chi connectivity index (χ4v) is 6.42. The molecule has 0 N–H and O–H groups in total. The Morgan fingerprint density at radius 1 is 1.03 bits per heavy atom. The molecule has 1 amide bonds. The smallest absolute Gasteiger partial charge is 0.253 e. The van der Waals surface area contributed by atoms with E-state index in [9.17, 15) is 13.2 Å². The van der Waals surface area contributed by atoms with Crippen LogP contribution in [0, 0.1) is 0 Å². The van der Waals surface area contributed by atoms with E-state index in [-0.39, 0.29) is 17.2 Å². The van der Waals surface area contributed by atoms with Gasteiger partial charge in [-0.3, -0.25) is 9.69 Å². The van der Waals surface area contributed by atoms with Gasteiger partial charge in [-0.25, -0.2) is 8.42 Å². The zero-order valence-electron chi connectivity index (χ0n) is 17.8. The third kappa shape index (κ3) is 5.19. The molecule has 1 aliphatic carbocycles. The number of sulfonamides is 1. The minimum absolute atomic E-state index is 0.0436. The summed E-state index contributed by atoms with van der Waals surface area (Å²) in [7, 11) is -1.24. The number of carbonyl (C=O) groups is 1. The standard InChI is InChI=1S/C22H35N3O3S/c1-3-18-29(27,28)25-16-14-24(15-17-25)22(12-8-5-9-13-22)19-23(2)21(26)20-10-6-4-7-11-20/h4,6-7,10-11H,3,5,8-9,12-19H2,1-2H3. The zero-order chi connectivity index (χ0) is 20.9. The maximum Gasteiger partial charge on any atom is 0.253 e. The number of likely N-dealkylation sites (N-methyl/N-ethyl adjacent to an activating group) is 1. The number of amides is 1. The molecule has 0 spiro atoms. The molecule has 0 unspecified atom stereocenters. The van der Waals surface area contributed by atoms with Crippen molar-refractivity contribution in [2.75, 3.05) is 45.5 Å². The monoisotopic (exact) mass is 421 g/mol. The molecule has 1 saturated carbocycles. The highest BCUT2D eigenvalue weighted by molar-refractivity contribution is 7.89. The summed E-state index contributed by atoms with van der Waals surface area (Å²) in [6.07, 6.45) is 6.37. The number of piperazine rings is 1. The molecule has 1 saturated heterocycles. The van der Waals surface area contributed by atoms with Gasteiger partial charge in [0.15, 0.2) is 0 Å². The van der Waals surface area contributed by atoms with Crippen molar-refractivity contribution in [1.29, 1.82) is 0 Å². The number of benzene rings is 1. The van der Waals surface area contributed by atoms with Crippen molar-refractivity contribution in [3.8, 4) is 0 Å². The molecular formula is C22H35N3O3S. The van der Waals surface area contributed by atoms with Gasteiger partial charge in [0.25, 0.3) is 5.91 Å². The van der Waals surface area contributed by atoms with E-state index < -0.39 is 10.0 Å². The van der Waals surface area contributed by atoms with E-state index in [1.807, 2.05) is 49.2 Å². The number of hydrogen-bond donors (Lipinski definition) is 0. The van der Waals surface area contributed by atoms with E-state index in [0.29, 0.717) is 26.1 Å². The Hall–Kier alpha value is -1.44. The van der Waals surface area contributed by atoms with Crippen LogP contribution in [0.1, 0.15) is 55.8 Å². The highest BCUT2D eigenvalue weighted by atomic mass is 32.2. The third-order valence-electron chi connectivity index (χ3n) is 6.45. The zero-order valence-corrected chi connectivity index (χ0v) is 18.7. The predicted octanol–water partition coefficient (Wildman–Crippen LogP) is 2.82. The lowest BCUT2D eigenvalue weighted by atomic mass is 9.79. The Balaban J connectivity index is 1.70. The van der Waals surface area contributed by atoms with Gasteiger partial charge in [0.05, 0.1) is 5.75 Å². The number of nitrogens with zero attached hydrogens (tertiary/aromatic N) is 3. The molecule has 7 heteroatoms. The van der Waals surface area contributed by atoms with Gasteiger partial charge in [-0.15, -0.1) is 0 Å². The average molecular weight is 422 g/mol. The van der Waals surface area contributed by atoms with Crippen molar-refractivity contribution in [3.05, 3.63) is 35.9 Å². The summed E-state index contributed by atoms with van der Waals surface area (Å²) in [6, 6.07) is 9.44. The summed E-state index contributed by atoms with van der Waals surface area (Å²) >= 11 is 0. The Labute approximate surface area is 175 Å². The first kappa shape index (κ1) is 22.2. The fourth-order valence-electron chi connectivity index (χ4n) is 4.93. The first-order valence-electron chi connectivity index (χ1n) is 10.9. The average Bonchev–Trinajstić information content (AvgIpc) is 2.74. The van der Waals surface area contributed by atoms with Crippen LogP contribution in [0.2, 0.25) is 0 Å². The maximum atomic E-state index is 12.9. The summed E-state index contributed by atoms with van der Waals surface area (Å²) in [5, 5.41) is 0. The molecule has 0 atom stereocenters. The van der Waals surface area contributed by atoms with Gasteiger partial charge in [-0.05, 0) is 31.4 Å². The van der Waals surface area contributed by atoms with Crippen LogP contribution in [0.3, 0.4) is 0 Å². The molecule has 2 aliphatic rings. The topological polar surface area (TPSA) is 60.9 Å². The highest BCUT2D eigenvalue weighted by Crippen LogP contribution is 2.35. The first-order chi connectivity index (χ1) is 13.9. The van der Waals surface area contributed by atoms with E-state index in [1.54, 1.807) is 4.31 Å². The molecule has 0 aromatic heterocycles. The van der Waals surface area contributed by atoms with Gasteiger partial charge in [0.2, 0.25) is 10.0 Å². The second-order valence-electron chi connectivity index (χ2n) is 8.51. The van der Waals surface area contributed by atoms with E-state index in [2.05, 4.69) is 4.90 Å². The van der Waals surface area contributed by atoms with Crippen molar-refractivity contribution in [1.82, 2.24) is 14.1 Å². The Bertz CT molecular complexity index is 768. The molecule has 162 valence electrons. The van der Waals surface area contributed by atoms with Crippen LogP contribution < -0.4 is 0 Å². The number of carbonyl (C=O) groups excluding carboxylic acids is 1. The molecule has 29 heavy (non-hydrogen) atoms. The Morgan fingerprint density at radius 2 is 1.66 bits per heavy atom. The van der Waals surface area contributed by atoms with Crippen LogP contribution in [0.25, 0.3) is 0 Å². The first-order valence-corrected chi connectivity index (χ1v) is 12.5. The van der Waals surface area contributed by atoms with Crippen molar-refractivity contribution >= 4 is 15.9 Å². The normalized spacial score (nSPS) is 21.0. The predicted molar refractivity (Wildman–Crippen MR) is 116 cm³/mol. The molecule has 0 bridgehead atoms. The summed E-state index contributed by atoms with van der Waals surface area (Å²) in [5.41, 5.74) is 0.675. The minimum atomic E-state index is -3.14. The molecule has 1 heterocycles. The molecule has 0 radical (unpaired) electrons. The van der Waals surface area contributed by atoms with Gasteiger partial charge < -0.3 is 4.90 Å². The van der Waals surface area contributed by atoms with Gasteiger partial charge in [0, 0.05) is 50.9 Å². The Morgan fingerprint density at radius 3 is 2.24 bits per heavy atom. The van der Waals surface area contributed by atoms with Crippen LogP contribution in [0.15, 0.2) is 30.3 Å². The molecule has 1 aromatic carbocycles. The molecule has 1 aliphatic heterocycles. The van der Waals surface area contributed by atoms with Crippen LogP contribution in [-0.2, 0) is 10.0 Å². The summed E-state index contributed by atoms with van der Waals surface area (Å²) in [4.78, 5) is 17.3. The van der Waals surface area contributed by atoms with E-state index >= 15 is 0 Å². The third-order valence-corrected chi connectivity index (χ3v) is 8.52.